The molecule has 0 aliphatic heterocycles. The molecule has 1 heterocycles. The zero-order valence-corrected chi connectivity index (χ0v) is 21.5. The van der Waals surface area contributed by atoms with Crippen LogP contribution in [0, 0.1) is 11.3 Å². The molecule has 8 rings (SSSR count). The van der Waals surface area contributed by atoms with Crippen molar-refractivity contribution in [2.24, 2.45) is 11.3 Å². The van der Waals surface area contributed by atoms with Crippen LogP contribution in [0.4, 0.5) is 0 Å². The lowest BCUT2D eigenvalue weighted by atomic mass is 9.48. The molecule has 0 radical (unpaired) electrons. The van der Waals surface area contributed by atoms with E-state index in [0.717, 1.165) is 0 Å². The molecule has 2 atom stereocenters. The van der Waals surface area contributed by atoms with Crippen molar-refractivity contribution in [3.63, 3.8) is 0 Å². The minimum atomic E-state index is -0.0900. The van der Waals surface area contributed by atoms with Gasteiger partial charge in [-0.1, -0.05) is 118 Å². The molecule has 1 aromatic heterocycles. The van der Waals surface area contributed by atoms with Crippen LogP contribution in [0.1, 0.15) is 31.9 Å². The molecular formula is C36H29N. The fourth-order valence-corrected chi connectivity index (χ4v) is 7.85. The number of rotatable bonds is 1. The van der Waals surface area contributed by atoms with Crippen LogP contribution in [0.25, 0.3) is 39.0 Å². The summed E-state index contributed by atoms with van der Waals surface area (Å²) in [6, 6.07) is 33.6. The number of para-hydroxylation sites is 1. The van der Waals surface area contributed by atoms with Crippen LogP contribution in [-0.2, 0) is 5.41 Å². The van der Waals surface area contributed by atoms with Gasteiger partial charge in [-0.05, 0) is 57.2 Å². The Kier molecular flexibility index (Phi) is 3.99. The first-order chi connectivity index (χ1) is 18.0. The second kappa shape index (κ2) is 7.01. The van der Waals surface area contributed by atoms with E-state index in [1.807, 2.05) is 0 Å². The van der Waals surface area contributed by atoms with Gasteiger partial charge in [-0.3, -0.25) is 0 Å². The number of allylic oxidation sites excluding steroid dienone is 4. The van der Waals surface area contributed by atoms with Gasteiger partial charge in [-0.2, -0.15) is 0 Å². The van der Waals surface area contributed by atoms with E-state index in [2.05, 4.69) is 141 Å². The predicted molar refractivity (Wildman–Crippen MR) is 155 cm³/mol. The van der Waals surface area contributed by atoms with Gasteiger partial charge in [0.05, 0.1) is 16.6 Å². The number of nitrogens with zero attached hydrogens (tertiary/aromatic N) is 1. The summed E-state index contributed by atoms with van der Waals surface area (Å²) in [5.74, 6) is 0.383. The minimum absolute atomic E-state index is 0.0319. The molecule has 178 valence electrons. The number of aromatic nitrogens is 1. The van der Waals surface area contributed by atoms with Crippen LogP contribution in [0.15, 0.2) is 115 Å². The third-order valence-electron chi connectivity index (χ3n) is 9.45. The van der Waals surface area contributed by atoms with Gasteiger partial charge >= 0.3 is 0 Å². The van der Waals surface area contributed by atoms with E-state index in [1.165, 1.54) is 60.2 Å². The molecule has 0 N–H and O–H groups in total. The van der Waals surface area contributed by atoms with Gasteiger partial charge in [-0.15, -0.1) is 0 Å². The van der Waals surface area contributed by atoms with Crippen LogP contribution < -0.4 is 10.6 Å². The highest BCUT2D eigenvalue weighted by Gasteiger charge is 2.54. The van der Waals surface area contributed by atoms with Gasteiger partial charge in [0.2, 0.25) is 0 Å². The molecule has 37 heavy (non-hydrogen) atoms. The summed E-state index contributed by atoms with van der Waals surface area (Å²) < 4.78 is 2.51. The fourth-order valence-electron chi connectivity index (χ4n) is 7.85. The normalized spacial score (nSPS) is 22.7. The summed E-state index contributed by atoms with van der Waals surface area (Å²) in [5, 5.41) is 6.57. The van der Waals surface area contributed by atoms with Gasteiger partial charge < -0.3 is 4.57 Å². The zero-order valence-electron chi connectivity index (χ0n) is 21.5. The van der Waals surface area contributed by atoms with Crippen molar-refractivity contribution in [1.82, 2.24) is 4.57 Å². The molecule has 3 aliphatic carbocycles. The van der Waals surface area contributed by atoms with Crippen molar-refractivity contribution in [1.29, 1.82) is 0 Å². The third-order valence-corrected chi connectivity index (χ3v) is 9.45. The van der Waals surface area contributed by atoms with Crippen molar-refractivity contribution < 1.29 is 0 Å². The largest absolute Gasteiger partial charge is 0.309 e. The van der Waals surface area contributed by atoms with Crippen LogP contribution in [0.5, 0.6) is 0 Å². The fraction of sp³-hybridized carbons (Fsp3) is 0.167. The lowest BCUT2D eigenvalue weighted by molar-refractivity contribution is 0.241. The molecule has 0 spiro atoms. The average Bonchev–Trinajstić information content (AvgIpc) is 3.23. The predicted octanol–water partition coefficient (Wildman–Crippen LogP) is 7.19. The van der Waals surface area contributed by atoms with Crippen molar-refractivity contribution in [3.05, 3.63) is 136 Å². The molecule has 1 nitrogen and oxygen atoms in total. The molecule has 1 heteroatoms. The second-order valence-electron chi connectivity index (χ2n) is 11.6. The molecule has 0 fully saturated rings. The molecule has 4 aromatic carbocycles. The van der Waals surface area contributed by atoms with Crippen molar-refractivity contribution in [2.75, 3.05) is 0 Å². The summed E-state index contributed by atoms with van der Waals surface area (Å²) in [7, 11) is 0. The first kappa shape index (κ1) is 21.0. The van der Waals surface area contributed by atoms with E-state index < -0.39 is 0 Å². The Hall–Kier alpha value is -4.10. The third kappa shape index (κ3) is 2.50. The quantitative estimate of drug-likeness (QED) is 0.242. The van der Waals surface area contributed by atoms with Crippen LogP contribution in [0.3, 0.4) is 0 Å². The highest BCUT2D eigenvalue weighted by atomic mass is 15.0. The zero-order chi connectivity index (χ0) is 24.9. The Bertz CT molecular complexity index is 1970. The Balaban J connectivity index is 1.65. The summed E-state index contributed by atoms with van der Waals surface area (Å²) in [5.41, 5.74) is 8.20. The van der Waals surface area contributed by atoms with Gasteiger partial charge in [0.15, 0.2) is 0 Å². The molecule has 0 bridgehead atoms. The molecule has 5 aromatic rings. The second-order valence-corrected chi connectivity index (χ2v) is 11.6. The van der Waals surface area contributed by atoms with Crippen LogP contribution in [-0.4, -0.2) is 4.57 Å². The smallest absolute Gasteiger partial charge is 0.0547 e. The average molecular weight is 476 g/mol. The number of fused-ring (bicyclic) bond motifs is 6. The van der Waals surface area contributed by atoms with Crippen molar-refractivity contribution in [2.45, 2.75) is 26.2 Å². The van der Waals surface area contributed by atoms with Gasteiger partial charge in [0, 0.05) is 21.4 Å². The molecule has 3 aliphatic rings. The van der Waals surface area contributed by atoms with Gasteiger partial charge in [-0.25, -0.2) is 0 Å². The van der Waals surface area contributed by atoms with Crippen LogP contribution in [0.2, 0.25) is 0 Å². The standard InChI is InChI=1S/C36H29N/c1-35(2)28-18-8-6-16-26(28)34-33-27-17-7-9-19-30(27)37(29-20-10-13-23-12-4-5-15-25(23)29)31(33)22-24-14-11-21-32(35)36(24,34)3/h4-22,32H,1-3H3/t32-,36+/m1/s1. The van der Waals surface area contributed by atoms with Gasteiger partial charge in [0.25, 0.3) is 0 Å². The van der Waals surface area contributed by atoms with Crippen LogP contribution >= 0.6 is 0 Å². The van der Waals surface area contributed by atoms with E-state index in [-0.39, 0.29) is 10.8 Å². The van der Waals surface area contributed by atoms with E-state index in [0.29, 0.717) is 5.92 Å². The summed E-state index contributed by atoms with van der Waals surface area (Å²) in [6.45, 7) is 7.35. The maximum Gasteiger partial charge on any atom is 0.0547 e. The van der Waals surface area contributed by atoms with Gasteiger partial charge in [0.1, 0.15) is 0 Å². The molecule has 0 unspecified atom stereocenters. The first-order valence-electron chi connectivity index (χ1n) is 13.3. The Morgan fingerprint density at radius 3 is 2.35 bits per heavy atom. The Labute approximate surface area is 217 Å². The summed E-state index contributed by atoms with van der Waals surface area (Å²) >= 11 is 0. The Morgan fingerprint density at radius 1 is 0.730 bits per heavy atom. The highest BCUT2D eigenvalue weighted by Crippen LogP contribution is 2.61. The van der Waals surface area contributed by atoms with Crippen molar-refractivity contribution in [3.8, 4) is 5.69 Å². The Morgan fingerprint density at radius 2 is 1.46 bits per heavy atom. The molecule has 0 saturated heterocycles. The SMILES string of the molecule is CC1(C)c2ccccc2C2=c3c(n(-c4cccc5ccccc45)c4ccccc34)=CC3=CC=C[C@H]1[C@]32C. The topological polar surface area (TPSA) is 4.93 Å². The number of hydrogen-bond acceptors (Lipinski definition) is 0. The summed E-state index contributed by atoms with van der Waals surface area (Å²) in [4.78, 5) is 0. The highest BCUT2D eigenvalue weighted by molar-refractivity contribution is 5.97. The van der Waals surface area contributed by atoms with E-state index in [9.17, 15) is 0 Å². The molecule has 0 amide bonds. The molecular weight excluding hydrogens is 446 g/mol. The van der Waals surface area contributed by atoms with E-state index in [1.54, 1.807) is 0 Å². The first-order valence-corrected chi connectivity index (χ1v) is 13.3. The minimum Gasteiger partial charge on any atom is -0.309 e. The lowest BCUT2D eigenvalue weighted by Gasteiger charge is -2.54. The monoisotopic (exact) mass is 475 g/mol. The maximum atomic E-state index is 2.51. The van der Waals surface area contributed by atoms with E-state index >= 15 is 0 Å². The molecule has 0 saturated carbocycles. The number of benzene rings is 4. The lowest BCUT2D eigenvalue weighted by Crippen LogP contribution is -2.52. The number of hydrogen-bond donors (Lipinski definition) is 0. The maximum absolute atomic E-state index is 2.51. The van der Waals surface area contributed by atoms with Crippen molar-refractivity contribution >= 4 is 33.3 Å². The van der Waals surface area contributed by atoms with E-state index in [4.69, 9.17) is 0 Å². The summed E-state index contributed by atoms with van der Waals surface area (Å²) in [6.07, 6.45) is 9.60.